The molecule has 0 saturated heterocycles. The molecule has 0 unspecified atom stereocenters. The van der Waals surface area contributed by atoms with Gasteiger partial charge in [0.15, 0.2) is 0 Å². The van der Waals surface area contributed by atoms with Crippen LogP contribution in [-0.2, 0) is 19.3 Å². The number of aromatic nitrogens is 1. The fourth-order valence-electron chi connectivity index (χ4n) is 3.94. The van der Waals surface area contributed by atoms with Crippen LogP contribution in [0.4, 0.5) is 5.82 Å². The molecule has 0 atom stereocenters. The molecule has 1 aromatic heterocycles. The normalized spacial score (nSPS) is 12.6. The van der Waals surface area contributed by atoms with Crippen LogP contribution in [0.2, 0.25) is 0 Å². The topological polar surface area (TPSA) is 71.2 Å². The third kappa shape index (κ3) is 9.16. The maximum atomic E-state index is 10.3. The van der Waals surface area contributed by atoms with Gasteiger partial charge in [0, 0.05) is 10.9 Å². The lowest BCUT2D eigenvalue weighted by atomic mass is 9.92. The predicted molar refractivity (Wildman–Crippen MR) is 135 cm³/mol. The highest BCUT2D eigenvalue weighted by Gasteiger charge is 2.16. The van der Waals surface area contributed by atoms with E-state index in [1.165, 1.54) is 29.4 Å². The molecule has 0 amide bonds. The quantitative estimate of drug-likeness (QED) is 0.365. The molecule has 1 aromatic carbocycles. The molecule has 31 heavy (non-hydrogen) atoms. The maximum Gasteiger partial charge on any atom is 0.127 e. The van der Waals surface area contributed by atoms with E-state index in [1.807, 2.05) is 13.8 Å². The van der Waals surface area contributed by atoms with E-state index in [1.54, 1.807) is 0 Å². The maximum absolute atomic E-state index is 10.3. The van der Waals surface area contributed by atoms with Crippen molar-refractivity contribution >= 4 is 16.7 Å². The average Bonchev–Trinajstić information content (AvgIpc) is 2.65. The number of anilines is 1. The second-order valence-electron chi connectivity index (χ2n) is 10.8. The summed E-state index contributed by atoms with van der Waals surface area (Å²) in [7, 11) is 0. The van der Waals surface area contributed by atoms with Gasteiger partial charge in [-0.2, -0.15) is 0 Å². The lowest BCUT2D eigenvalue weighted by molar-refractivity contribution is 0.0715. The first-order valence-electron chi connectivity index (χ1n) is 12.2. The van der Waals surface area contributed by atoms with Crippen molar-refractivity contribution in [2.75, 3.05) is 12.3 Å². The van der Waals surface area contributed by atoms with Gasteiger partial charge in [0.05, 0.1) is 11.1 Å². The second-order valence-corrected chi connectivity index (χ2v) is 10.8. The molecule has 174 valence electrons. The van der Waals surface area contributed by atoms with Crippen molar-refractivity contribution in [1.29, 1.82) is 0 Å². The van der Waals surface area contributed by atoms with E-state index in [4.69, 9.17) is 10.7 Å². The molecule has 4 N–H and O–H groups in total. The minimum absolute atomic E-state index is 0.170. The molecule has 0 aliphatic rings. The van der Waals surface area contributed by atoms with Gasteiger partial charge >= 0.3 is 0 Å². The number of fused-ring (bicyclic) bond motifs is 1. The van der Waals surface area contributed by atoms with Gasteiger partial charge in [-0.15, -0.1) is 0 Å². The summed E-state index contributed by atoms with van der Waals surface area (Å²) in [6, 6.07) is 6.80. The highest BCUT2D eigenvalue weighted by molar-refractivity contribution is 5.85. The van der Waals surface area contributed by atoms with Crippen LogP contribution in [0.5, 0.6) is 0 Å². The minimum atomic E-state index is -0.674. The number of benzene rings is 1. The van der Waals surface area contributed by atoms with Gasteiger partial charge in [-0.05, 0) is 115 Å². The zero-order valence-corrected chi connectivity index (χ0v) is 20.8. The molecule has 2 aromatic rings. The highest BCUT2D eigenvalue weighted by atomic mass is 16.3. The molecular formula is C27H45N3O. The number of pyridine rings is 1. The summed E-state index contributed by atoms with van der Waals surface area (Å²) >= 11 is 0. The summed E-state index contributed by atoms with van der Waals surface area (Å²) in [5.41, 5.74) is 10.6. The number of aliphatic hydroxyl groups is 1. The summed E-state index contributed by atoms with van der Waals surface area (Å²) in [4.78, 5) is 4.80. The van der Waals surface area contributed by atoms with Crippen molar-refractivity contribution in [3.05, 3.63) is 34.9 Å². The van der Waals surface area contributed by atoms with Crippen LogP contribution in [0.25, 0.3) is 10.9 Å². The van der Waals surface area contributed by atoms with Crippen LogP contribution < -0.4 is 11.1 Å². The smallest absolute Gasteiger partial charge is 0.127 e. The fourth-order valence-corrected chi connectivity index (χ4v) is 3.94. The van der Waals surface area contributed by atoms with Crippen molar-refractivity contribution in [3.63, 3.8) is 0 Å². The molecule has 4 nitrogen and oxygen atoms in total. The Hall–Kier alpha value is -1.65. The van der Waals surface area contributed by atoms with Crippen LogP contribution in [0.15, 0.2) is 18.2 Å². The Labute approximate surface area is 190 Å². The number of unbranched alkanes of at least 4 members (excludes halogenated alkanes) is 3. The Balaban J connectivity index is 2.23. The number of hydrogen-bond donors (Lipinski definition) is 3. The van der Waals surface area contributed by atoms with E-state index < -0.39 is 5.60 Å². The monoisotopic (exact) mass is 427 g/mol. The SMILES string of the molecule is CCCCCc1cc2c(CCC(C)(C)O)cc(CCCCNC(C)(C)C)cc2nc1N. The van der Waals surface area contributed by atoms with Gasteiger partial charge in [0.1, 0.15) is 5.82 Å². The average molecular weight is 428 g/mol. The second kappa shape index (κ2) is 11.3. The molecule has 1 heterocycles. The van der Waals surface area contributed by atoms with Gasteiger partial charge in [0.2, 0.25) is 0 Å². The van der Waals surface area contributed by atoms with Crippen LogP contribution in [0.3, 0.4) is 0 Å². The molecule has 0 saturated carbocycles. The first-order valence-corrected chi connectivity index (χ1v) is 12.2. The number of aryl methyl sites for hydroxylation is 3. The molecule has 0 bridgehead atoms. The summed E-state index contributed by atoms with van der Waals surface area (Å²) < 4.78 is 0. The zero-order valence-electron chi connectivity index (χ0n) is 20.8. The van der Waals surface area contributed by atoms with Crippen molar-refractivity contribution in [3.8, 4) is 0 Å². The van der Waals surface area contributed by atoms with Crippen molar-refractivity contribution in [2.45, 2.75) is 110 Å². The minimum Gasteiger partial charge on any atom is -0.390 e. The lowest BCUT2D eigenvalue weighted by Gasteiger charge is -2.20. The number of rotatable bonds is 12. The largest absolute Gasteiger partial charge is 0.390 e. The van der Waals surface area contributed by atoms with Gasteiger partial charge in [-0.3, -0.25) is 0 Å². The molecule has 4 heteroatoms. The molecule has 2 rings (SSSR count). The van der Waals surface area contributed by atoms with E-state index >= 15 is 0 Å². The summed E-state index contributed by atoms with van der Waals surface area (Å²) in [5.74, 6) is 0.670. The number of nitrogens with two attached hydrogens (primary N) is 1. The summed E-state index contributed by atoms with van der Waals surface area (Å²) in [5, 5.41) is 15.0. The number of nitrogen functional groups attached to an aromatic ring is 1. The Kier molecular flexibility index (Phi) is 9.32. The van der Waals surface area contributed by atoms with Gasteiger partial charge in [-0.1, -0.05) is 25.8 Å². The summed E-state index contributed by atoms with van der Waals surface area (Å²) in [6.07, 6.45) is 9.46. The van der Waals surface area contributed by atoms with E-state index in [9.17, 15) is 5.11 Å². The molecule has 0 aliphatic heterocycles. The molecule has 0 radical (unpaired) electrons. The third-order valence-corrected chi connectivity index (χ3v) is 5.80. The molecular weight excluding hydrogens is 382 g/mol. The Bertz CT molecular complexity index is 831. The molecule has 0 aliphatic carbocycles. The molecule has 0 spiro atoms. The standard InChI is InChI=1S/C27H45N3O/c1-7-8-9-13-22-19-23-21(14-15-27(5,6)31)17-20(18-24(23)30-25(22)28)12-10-11-16-29-26(2,3)4/h17-19,29,31H,7-16H2,1-6H3,(H2,28,30). The van der Waals surface area contributed by atoms with E-state index in [0.717, 1.165) is 62.6 Å². The Morgan fingerprint density at radius 2 is 1.61 bits per heavy atom. The number of nitrogens with one attached hydrogen (secondary N) is 1. The lowest BCUT2D eigenvalue weighted by Crippen LogP contribution is -2.36. The number of nitrogens with zero attached hydrogens (tertiary/aromatic N) is 1. The highest BCUT2D eigenvalue weighted by Crippen LogP contribution is 2.28. The van der Waals surface area contributed by atoms with Crippen LogP contribution >= 0.6 is 0 Å². The summed E-state index contributed by atoms with van der Waals surface area (Å²) in [6.45, 7) is 13.6. The molecule has 0 fully saturated rings. The van der Waals surface area contributed by atoms with Crippen molar-refractivity contribution in [1.82, 2.24) is 10.3 Å². The van der Waals surface area contributed by atoms with Crippen LogP contribution in [0, 0.1) is 0 Å². The van der Waals surface area contributed by atoms with Crippen LogP contribution in [-0.4, -0.2) is 27.8 Å². The zero-order chi connectivity index (χ0) is 23.1. The first kappa shape index (κ1) is 25.6. The van der Waals surface area contributed by atoms with Crippen molar-refractivity contribution < 1.29 is 5.11 Å². The van der Waals surface area contributed by atoms with Crippen molar-refractivity contribution in [2.24, 2.45) is 0 Å². The fraction of sp³-hybridized carbons (Fsp3) is 0.667. The Morgan fingerprint density at radius 3 is 2.26 bits per heavy atom. The number of hydrogen-bond acceptors (Lipinski definition) is 4. The van der Waals surface area contributed by atoms with Gasteiger partial charge < -0.3 is 16.2 Å². The van der Waals surface area contributed by atoms with Gasteiger partial charge in [0.25, 0.3) is 0 Å². The van der Waals surface area contributed by atoms with E-state index in [0.29, 0.717) is 5.82 Å². The third-order valence-electron chi connectivity index (χ3n) is 5.80. The van der Waals surface area contributed by atoms with Crippen LogP contribution in [0.1, 0.15) is 96.8 Å². The predicted octanol–water partition coefficient (Wildman–Crippen LogP) is 5.96. The van der Waals surface area contributed by atoms with Gasteiger partial charge in [-0.25, -0.2) is 4.98 Å². The van der Waals surface area contributed by atoms with E-state index in [-0.39, 0.29) is 5.54 Å². The Morgan fingerprint density at radius 1 is 0.903 bits per heavy atom. The van der Waals surface area contributed by atoms with E-state index in [2.05, 4.69) is 51.2 Å². The first-order chi connectivity index (χ1) is 14.5.